The first kappa shape index (κ1) is 11.4. The quantitative estimate of drug-likeness (QED) is 0.643. The molecule has 0 N–H and O–H groups in total. The Bertz CT molecular complexity index is 164. The Morgan fingerprint density at radius 2 is 1.92 bits per heavy atom. The van der Waals surface area contributed by atoms with Crippen molar-refractivity contribution in [1.82, 2.24) is 0 Å². The van der Waals surface area contributed by atoms with Gasteiger partial charge < -0.3 is 0 Å². The zero-order valence-corrected chi connectivity index (χ0v) is 7.77. The molecule has 0 radical (unpaired) electrons. The molecule has 0 aliphatic heterocycles. The number of hydrogen-bond donors (Lipinski definition) is 0. The van der Waals surface area contributed by atoms with Gasteiger partial charge in [0.25, 0.3) is 0 Å². The zero-order valence-electron chi connectivity index (χ0n) is 7.77. The molecule has 0 saturated heterocycles. The van der Waals surface area contributed by atoms with Crippen LogP contribution >= 0.6 is 0 Å². The van der Waals surface area contributed by atoms with Crippen LogP contribution in [0.5, 0.6) is 0 Å². The van der Waals surface area contributed by atoms with Gasteiger partial charge in [-0.1, -0.05) is 13.8 Å². The molecule has 3 heteroatoms. The summed E-state index contributed by atoms with van der Waals surface area (Å²) in [5.74, 6) is -3.29. The highest BCUT2D eigenvalue weighted by Crippen LogP contribution is 2.31. The van der Waals surface area contributed by atoms with Crippen LogP contribution in [0, 0.1) is 23.2 Å². The van der Waals surface area contributed by atoms with E-state index in [1.54, 1.807) is 6.07 Å². The van der Waals surface area contributed by atoms with E-state index in [4.69, 9.17) is 5.26 Å². The number of halogens is 2. The van der Waals surface area contributed by atoms with E-state index in [0.29, 0.717) is 6.42 Å². The predicted octanol–water partition coefficient (Wildman–Crippen LogP) is 3.22. The van der Waals surface area contributed by atoms with Gasteiger partial charge in [0.1, 0.15) is 0 Å². The lowest BCUT2D eigenvalue weighted by molar-refractivity contribution is -0.0451. The SMILES string of the molecule is CC(C)CC(CC#N)C(C)(F)F. The molecule has 0 aromatic heterocycles. The van der Waals surface area contributed by atoms with Crippen LogP contribution in [0.1, 0.15) is 33.6 Å². The smallest absolute Gasteiger partial charge is 0.207 e. The fourth-order valence-corrected chi connectivity index (χ4v) is 1.15. The van der Waals surface area contributed by atoms with Gasteiger partial charge in [0.15, 0.2) is 0 Å². The number of nitriles is 1. The van der Waals surface area contributed by atoms with E-state index < -0.39 is 11.8 Å². The van der Waals surface area contributed by atoms with E-state index in [2.05, 4.69) is 0 Å². The molecule has 0 aromatic carbocycles. The Balaban J connectivity index is 4.16. The molecule has 0 rings (SSSR count). The molecule has 0 amide bonds. The summed E-state index contributed by atoms with van der Waals surface area (Å²) in [7, 11) is 0. The predicted molar refractivity (Wildman–Crippen MR) is 43.8 cm³/mol. The Labute approximate surface area is 72.4 Å². The van der Waals surface area contributed by atoms with Crippen molar-refractivity contribution in [1.29, 1.82) is 5.26 Å². The van der Waals surface area contributed by atoms with E-state index in [9.17, 15) is 8.78 Å². The molecule has 0 spiro atoms. The monoisotopic (exact) mass is 175 g/mol. The molecule has 1 atom stereocenters. The van der Waals surface area contributed by atoms with Gasteiger partial charge in [-0.25, -0.2) is 8.78 Å². The number of alkyl halides is 2. The number of hydrogen-bond acceptors (Lipinski definition) is 1. The summed E-state index contributed by atoms with van der Waals surface area (Å²) in [6.07, 6.45) is 0.360. The maximum absolute atomic E-state index is 12.8. The summed E-state index contributed by atoms with van der Waals surface area (Å²) >= 11 is 0. The van der Waals surface area contributed by atoms with Crippen molar-refractivity contribution in [3.63, 3.8) is 0 Å². The second-order valence-corrected chi connectivity index (χ2v) is 3.64. The number of rotatable bonds is 4. The van der Waals surface area contributed by atoms with Crippen molar-refractivity contribution in [3.05, 3.63) is 0 Å². The molecule has 1 nitrogen and oxygen atoms in total. The molecule has 0 aliphatic carbocycles. The molecular formula is C9H15F2N. The van der Waals surface area contributed by atoms with Crippen molar-refractivity contribution in [2.75, 3.05) is 0 Å². The summed E-state index contributed by atoms with van der Waals surface area (Å²) < 4.78 is 25.6. The maximum Gasteiger partial charge on any atom is 0.249 e. The largest absolute Gasteiger partial charge is 0.249 e. The molecule has 0 bridgehead atoms. The molecule has 0 fully saturated rings. The van der Waals surface area contributed by atoms with Gasteiger partial charge >= 0.3 is 0 Å². The topological polar surface area (TPSA) is 23.8 Å². The van der Waals surface area contributed by atoms with Crippen LogP contribution in [-0.4, -0.2) is 5.92 Å². The molecule has 0 aromatic rings. The minimum atomic E-state index is -2.72. The van der Waals surface area contributed by atoms with Gasteiger partial charge in [-0.05, 0) is 19.3 Å². The molecule has 1 unspecified atom stereocenters. The van der Waals surface area contributed by atoms with Crippen molar-refractivity contribution in [2.45, 2.75) is 39.5 Å². The minimum absolute atomic E-state index is 0.0539. The molecule has 0 heterocycles. The Morgan fingerprint density at radius 3 is 2.17 bits per heavy atom. The number of nitrogens with zero attached hydrogens (tertiary/aromatic N) is 1. The highest BCUT2D eigenvalue weighted by atomic mass is 19.3. The van der Waals surface area contributed by atoms with Gasteiger partial charge in [0.2, 0.25) is 5.92 Å². The third-order valence-corrected chi connectivity index (χ3v) is 1.81. The van der Waals surface area contributed by atoms with Crippen molar-refractivity contribution >= 4 is 0 Å². The second-order valence-electron chi connectivity index (χ2n) is 3.64. The van der Waals surface area contributed by atoms with Crippen molar-refractivity contribution in [3.8, 4) is 6.07 Å². The first-order valence-electron chi connectivity index (χ1n) is 4.12. The van der Waals surface area contributed by atoms with Crippen LogP contribution in [0.15, 0.2) is 0 Å². The van der Waals surface area contributed by atoms with Gasteiger partial charge in [-0.2, -0.15) is 5.26 Å². The fourth-order valence-electron chi connectivity index (χ4n) is 1.15. The van der Waals surface area contributed by atoms with Crippen LogP contribution in [0.25, 0.3) is 0 Å². The van der Waals surface area contributed by atoms with Gasteiger partial charge in [-0.3, -0.25) is 0 Å². The van der Waals surface area contributed by atoms with Crippen LogP contribution < -0.4 is 0 Å². The van der Waals surface area contributed by atoms with Gasteiger partial charge in [0, 0.05) is 12.3 Å². The average molecular weight is 175 g/mol. The molecule has 12 heavy (non-hydrogen) atoms. The standard InChI is InChI=1S/C9H15F2N/c1-7(2)6-8(4-5-12)9(3,10)11/h7-8H,4,6H2,1-3H3. The summed E-state index contributed by atoms with van der Waals surface area (Å²) in [5, 5.41) is 8.33. The van der Waals surface area contributed by atoms with Crippen molar-refractivity contribution < 1.29 is 8.78 Å². The van der Waals surface area contributed by atoms with Gasteiger partial charge in [-0.15, -0.1) is 0 Å². The maximum atomic E-state index is 12.8. The van der Waals surface area contributed by atoms with E-state index in [1.165, 1.54) is 0 Å². The lowest BCUT2D eigenvalue weighted by atomic mass is 9.90. The molecule has 0 aliphatic rings. The Kier molecular flexibility index (Phi) is 4.16. The highest BCUT2D eigenvalue weighted by molar-refractivity contribution is 4.83. The highest BCUT2D eigenvalue weighted by Gasteiger charge is 2.33. The third kappa shape index (κ3) is 4.27. The van der Waals surface area contributed by atoms with E-state index in [-0.39, 0.29) is 12.3 Å². The first-order chi connectivity index (χ1) is 5.38. The van der Waals surface area contributed by atoms with E-state index >= 15 is 0 Å². The van der Waals surface area contributed by atoms with Crippen molar-refractivity contribution in [2.24, 2.45) is 11.8 Å². The summed E-state index contributed by atoms with van der Waals surface area (Å²) in [6, 6.07) is 1.80. The first-order valence-corrected chi connectivity index (χ1v) is 4.12. The normalized spacial score (nSPS) is 14.4. The minimum Gasteiger partial charge on any atom is -0.207 e. The second kappa shape index (κ2) is 4.39. The van der Waals surface area contributed by atoms with Crippen LogP contribution in [-0.2, 0) is 0 Å². The average Bonchev–Trinajstić information content (AvgIpc) is 1.83. The summed E-state index contributed by atoms with van der Waals surface area (Å²) in [5.41, 5.74) is 0. The molecule has 0 saturated carbocycles. The Morgan fingerprint density at radius 1 is 1.42 bits per heavy atom. The fraction of sp³-hybridized carbons (Fsp3) is 0.889. The van der Waals surface area contributed by atoms with Crippen LogP contribution in [0.2, 0.25) is 0 Å². The van der Waals surface area contributed by atoms with E-state index in [1.807, 2.05) is 13.8 Å². The lowest BCUT2D eigenvalue weighted by Gasteiger charge is -2.22. The van der Waals surface area contributed by atoms with Gasteiger partial charge in [0.05, 0.1) is 6.07 Å². The summed E-state index contributed by atoms with van der Waals surface area (Å²) in [6.45, 7) is 4.66. The van der Waals surface area contributed by atoms with Crippen LogP contribution in [0.4, 0.5) is 8.78 Å². The summed E-state index contributed by atoms with van der Waals surface area (Å²) in [4.78, 5) is 0. The Hall–Kier alpha value is -0.650. The van der Waals surface area contributed by atoms with E-state index in [0.717, 1.165) is 6.92 Å². The molecule has 70 valence electrons. The lowest BCUT2D eigenvalue weighted by Crippen LogP contribution is -2.25. The molecular weight excluding hydrogens is 160 g/mol. The third-order valence-electron chi connectivity index (χ3n) is 1.81. The zero-order chi connectivity index (χ0) is 9.78. The van der Waals surface area contributed by atoms with Crippen LogP contribution in [0.3, 0.4) is 0 Å².